The number of likely N-dealkylation sites (N-methyl/N-ethyl adjacent to an activating group) is 1. The number of aliphatic hydroxyl groups excluding tert-OH is 1. The van der Waals surface area contributed by atoms with E-state index in [0.29, 0.717) is 0 Å². The third kappa shape index (κ3) is 2.45. The van der Waals surface area contributed by atoms with E-state index in [4.69, 9.17) is 0 Å². The number of aromatic nitrogens is 2. The first kappa shape index (κ1) is 15.2. The summed E-state index contributed by atoms with van der Waals surface area (Å²) in [7, 11) is 1.89. The van der Waals surface area contributed by atoms with E-state index in [1.165, 1.54) is 0 Å². The van der Waals surface area contributed by atoms with E-state index in [9.17, 15) is 5.11 Å². The molecule has 0 bridgehead atoms. The molecule has 1 heterocycles. The second-order valence-electron chi connectivity index (χ2n) is 5.12. The predicted octanol–water partition coefficient (Wildman–Crippen LogP) is 2.27. The van der Waals surface area contributed by atoms with Crippen LogP contribution in [0.2, 0.25) is 0 Å². The van der Waals surface area contributed by atoms with Crippen molar-refractivity contribution in [3.05, 3.63) is 17.5 Å². The summed E-state index contributed by atoms with van der Waals surface area (Å²) in [5.74, 6) is 0. The molecular weight excluding hydrogens is 226 g/mol. The lowest BCUT2D eigenvalue weighted by atomic mass is 9.86. The van der Waals surface area contributed by atoms with Crippen LogP contribution in [-0.4, -0.2) is 38.4 Å². The zero-order valence-corrected chi connectivity index (χ0v) is 12.6. The summed E-state index contributed by atoms with van der Waals surface area (Å²) in [5, 5.41) is 15.1. The summed E-state index contributed by atoms with van der Waals surface area (Å²) in [4.78, 5) is 2.32. The average molecular weight is 253 g/mol. The van der Waals surface area contributed by atoms with E-state index in [1.54, 1.807) is 4.68 Å². The van der Waals surface area contributed by atoms with Crippen LogP contribution in [0, 0.1) is 6.92 Å². The lowest BCUT2D eigenvalue weighted by Gasteiger charge is -2.43. The molecule has 1 rings (SSSR count). The van der Waals surface area contributed by atoms with Gasteiger partial charge >= 0.3 is 0 Å². The molecule has 0 aliphatic rings. The lowest BCUT2D eigenvalue weighted by Crippen LogP contribution is -2.50. The molecule has 0 saturated heterocycles. The summed E-state index contributed by atoms with van der Waals surface area (Å²) in [6.07, 6.45) is 2.20. The highest BCUT2D eigenvalue weighted by atomic mass is 16.3. The van der Waals surface area contributed by atoms with Crippen molar-refractivity contribution < 1.29 is 5.11 Å². The average Bonchev–Trinajstić information content (AvgIpc) is 2.69. The highest BCUT2D eigenvalue weighted by Crippen LogP contribution is 2.35. The molecule has 2 unspecified atom stereocenters. The fourth-order valence-corrected chi connectivity index (χ4v) is 2.78. The Labute approximate surface area is 111 Å². The number of hydrogen-bond donors (Lipinski definition) is 1. The smallest absolute Gasteiger partial charge is 0.114 e. The predicted molar refractivity (Wildman–Crippen MR) is 74.5 cm³/mol. The van der Waals surface area contributed by atoms with Crippen molar-refractivity contribution in [3.63, 3.8) is 0 Å². The molecule has 0 amide bonds. The van der Waals surface area contributed by atoms with Crippen LogP contribution in [0.3, 0.4) is 0 Å². The Morgan fingerprint density at radius 2 is 1.94 bits per heavy atom. The van der Waals surface area contributed by atoms with Gasteiger partial charge in [0.05, 0.1) is 11.9 Å². The van der Waals surface area contributed by atoms with Crippen molar-refractivity contribution in [3.8, 4) is 0 Å². The molecule has 0 radical (unpaired) electrons. The minimum Gasteiger partial charge on any atom is -0.385 e. The highest BCUT2D eigenvalue weighted by molar-refractivity contribution is 5.21. The van der Waals surface area contributed by atoms with Crippen LogP contribution in [0.25, 0.3) is 0 Å². The van der Waals surface area contributed by atoms with Crippen molar-refractivity contribution >= 4 is 0 Å². The van der Waals surface area contributed by atoms with Crippen molar-refractivity contribution in [1.29, 1.82) is 0 Å². The molecule has 0 fully saturated rings. The maximum absolute atomic E-state index is 10.8. The van der Waals surface area contributed by atoms with Crippen LogP contribution in [0.15, 0.2) is 6.20 Å². The normalized spacial score (nSPS) is 16.9. The topological polar surface area (TPSA) is 41.3 Å². The molecule has 0 aliphatic heterocycles. The van der Waals surface area contributed by atoms with Gasteiger partial charge in [0.15, 0.2) is 0 Å². The van der Waals surface area contributed by atoms with Gasteiger partial charge in [0, 0.05) is 12.6 Å². The zero-order chi connectivity index (χ0) is 13.9. The van der Waals surface area contributed by atoms with Gasteiger partial charge in [0.1, 0.15) is 6.10 Å². The van der Waals surface area contributed by atoms with Crippen molar-refractivity contribution in [1.82, 2.24) is 14.7 Å². The molecular formula is C14H27N3O. The maximum atomic E-state index is 10.8. The van der Waals surface area contributed by atoms with E-state index < -0.39 is 6.10 Å². The summed E-state index contributed by atoms with van der Waals surface area (Å²) < 4.78 is 1.79. The minimum absolute atomic E-state index is 0.248. The summed E-state index contributed by atoms with van der Waals surface area (Å²) in [5.41, 5.74) is 1.73. The largest absolute Gasteiger partial charge is 0.385 e. The zero-order valence-electron chi connectivity index (χ0n) is 12.6. The van der Waals surface area contributed by atoms with Gasteiger partial charge in [-0.2, -0.15) is 5.10 Å². The van der Waals surface area contributed by atoms with Gasteiger partial charge in [-0.3, -0.25) is 9.58 Å². The van der Waals surface area contributed by atoms with Gasteiger partial charge < -0.3 is 5.11 Å². The Bertz CT molecular complexity index is 365. The van der Waals surface area contributed by atoms with Gasteiger partial charge in [-0.25, -0.2) is 0 Å². The van der Waals surface area contributed by atoms with Gasteiger partial charge in [-0.1, -0.05) is 20.8 Å². The van der Waals surface area contributed by atoms with Crippen molar-refractivity contribution in [2.24, 2.45) is 7.05 Å². The van der Waals surface area contributed by atoms with Crippen molar-refractivity contribution in [2.75, 3.05) is 13.1 Å². The van der Waals surface area contributed by atoms with Crippen LogP contribution in [0.4, 0.5) is 0 Å². The van der Waals surface area contributed by atoms with Gasteiger partial charge in [0.2, 0.25) is 0 Å². The molecule has 0 aromatic carbocycles. The van der Waals surface area contributed by atoms with Gasteiger partial charge in [0.25, 0.3) is 0 Å². The van der Waals surface area contributed by atoms with Crippen LogP contribution in [0.1, 0.15) is 51.5 Å². The molecule has 4 heteroatoms. The van der Waals surface area contributed by atoms with E-state index in [0.717, 1.165) is 30.8 Å². The van der Waals surface area contributed by atoms with E-state index in [2.05, 4.69) is 37.7 Å². The minimum atomic E-state index is -0.519. The molecule has 1 aromatic heterocycles. The molecule has 18 heavy (non-hydrogen) atoms. The lowest BCUT2D eigenvalue weighted by molar-refractivity contribution is -0.0257. The fraction of sp³-hybridized carbons (Fsp3) is 0.786. The fourth-order valence-electron chi connectivity index (χ4n) is 2.78. The van der Waals surface area contributed by atoms with Crippen molar-refractivity contribution in [2.45, 2.75) is 52.7 Å². The third-order valence-corrected chi connectivity index (χ3v) is 4.23. The van der Waals surface area contributed by atoms with Gasteiger partial charge in [-0.15, -0.1) is 0 Å². The van der Waals surface area contributed by atoms with E-state index in [-0.39, 0.29) is 5.54 Å². The van der Waals surface area contributed by atoms with E-state index >= 15 is 0 Å². The third-order valence-electron chi connectivity index (χ3n) is 4.23. The Hall–Kier alpha value is -0.870. The number of hydrogen-bond acceptors (Lipinski definition) is 3. The molecule has 1 aromatic rings. The summed E-state index contributed by atoms with van der Waals surface area (Å²) in [6, 6.07) is 0. The van der Waals surface area contributed by atoms with E-state index in [1.807, 2.05) is 20.2 Å². The van der Waals surface area contributed by atoms with Gasteiger partial charge in [-0.05, 0) is 38.9 Å². The molecule has 0 spiro atoms. The molecule has 4 nitrogen and oxygen atoms in total. The van der Waals surface area contributed by atoms with Crippen LogP contribution in [0.5, 0.6) is 0 Å². The number of aliphatic hydroxyl groups is 1. The first-order valence-corrected chi connectivity index (χ1v) is 6.83. The molecule has 1 N–H and O–H groups in total. The Balaban J connectivity index is 3.16. The monoisotopic (exact) mass is 253 g/mol. The second-order valence-corrected chi connectivity index (χ2v) is 5.12. The Morgan fingerprint density at radius 3 is 2.28 bits per heavy atom. The van der Waals surface area contributed by atoms with Crippen LogP contribution < -0.4 is 0 Å². The molecule has 0 saturated carbocycles. The first-order chi connectivity index (χ1) is 8.42. The highest BCUT2D eigenvalue weighted by Gasteiger charge is 2.38. The standard InChI is InChI=1S/C14H27N3O/c1-7-14(5,17(8-2)9-3)13(18)12-11(4)10-15-16(12)6/h10,13,18H,7-9H2,1-6H3. The molecule has 2 atom stereocenters. The first-order valence-electron chi connectivity index (χ1n) is 6.83. The molecule has 104 valence electrons. The van der Waals surface area contributed by atoms with Crippen LogP contribution >= 0.6 is 0 Å². The quantitative estimate of drug-likeness (QED) is 0.845. The Kier molecular flexibility index (Phi) is 4.93. The second kappa shape index (κ2) is 5.85. The number of aryl methyl sites for hydroxylation is 2. The Morgan fingerprint density at radius 1 is 1.39 bits per heavy atom. The summed E-state index contributed by atoms with van der Waals surface area (Å²) in [6.45, 7) is 12.4. The number of nitrogens with zero attached hydrogens (tertiary/aromatic N) is 3. The molecule has 0 aliphatic carbocycles. The summed E-state index contributed by atoms with van der Waals surface area (Å²) >= 11 is 0. The number of rotatable bonds is 6. The maximum Gasteiger partial charge on any atom is 0.114 e. The SMILES string of the molecule is CCN(CC)C(C)(CC)C(O)c1c(C)cnn1C. The van der Waals surface area contributed by atoms with Crippen LogP contribution in [-0.2, 0) is 7.05 Å².